The summed E-state index contributed by atoms with van der Waals surface area (Å²) >= 11 is 0. The molecule has 0 radical (unpaired) electrons. The van der Waals surface area contributed by atoms with Gasteiger partial charge in [-0.2, -0.15) is 0 Å². The zero-order valence-corrected chi connectivity index (χ0v) is 12.1. The van der Waals surface area contributed by atoms with Crippen LogP contribution in [0.4, 0.5) is 5.69 Å². The van der Waals surface area contributed by atoms with Crippen molar-refractivity contribution < 1.29 is 9.84 Å². The number of para-hydroxylation sites is 2. The highest BCUT2D eigenvalue weighted by Crippen LogP contribution is 2.32. The molecule has 0 aromatic heterocycles. The van der Waals surface area contributed by atoms with Crippen molar-refractivity contribution in [2.24, 2.45) is 0 Å². The quantitative estimate of drug-likeness (QED) is 0.860. The van der Waals surface area contributed by atoms with Gasteiger partial charge in [0.15, 0.2) is 0 Å². The maximum absolute atomic E-state index is 9.79. The zero-order chi connectivity index (χ0) is 14.0. The lowest BCUT2D eigenvalue weighted by Gasteiger charge is -2.36. The third-order valence-corrected chi connectivity index (χ3v) is 4.05. The molecular weight excluding hydrogens is 252 g/mol. The predicted octanol–water partition coefficient (Wildman–Crippen LogP) is 1.78. The number of rotatable bonds is 5. The van der Waals surface area contributed by atoms with Gasteiger partial charge in [-0.15, -0.1) is 0 Å². The Labute approximate surface area is 120 Å². The molecule has 2 N–H and O–H groups in total. The van der Waals surface area contributed by atoms with Gasteiger partial charge in [0.2, 0.25) is 0 Å². The minimum absolute atomic E-state index is 0.156. The van der Waals surface area contributed by atoms with Crippen LogP contribution in [0.5, 0.6) is 5.75 Å². The predicted molar refractivity (Wildman–Crippen MR) is 80.4 cm³/mol. The highest BCUT2D eigenvalue weighted by molar-refractivity contribution is 5.59. The number of fused-ring (bicyclic) bond motifs is 1. The van der Waals surface area contributed by atoms with Gasteiger partial charge in [0, 0.05) is 19.1 Å². The summed E-state index contributed by atoms with van der Waals surface area (Å²) in [7, 11) is 0. The molecule has 1 aliphatic carbocycles. The number of nitrogens with zero attached hydrogens (tertiary/aromatic N) is 1. The van der Waals surface area contributed by atoms with E-state index < -0.39 is 0 Å². The normalized spacial score (nSPS) is 21.6. The summed E-state index contributed by atoms with van der Waals surface area (Å²) in [5.74, 6) is 0.955. The number of nitrogens with one attached hydrogen (secondary N) is 1. The molecule has 20 heavy (non-hydrogen) atoms. The van der Waals surface area contributed by atoms with Crippen LogP contribution in [0.25, 0.3) is 0 Å². The van der Waals surface area contributed by atoms with E-state index in [1.807, 2.05) is 18.2 Å². The van der Waals surface area contributed by atoms with Crippen LogP contribution in [-0.2, 0) is 0 Å². The monoisotopic (exact) mass is 276 g/mol. The third kappa shape index (κ3) is 3.07. The Hall–Kier alpha value is -1.26. The Bertz CT molecular complexity index is 462. The Balaban J connectivity index is 1.78. The van der Waals surface area contributed by atoms with E-state index in [-0.39, 0.29) is 12.1 Å². The van der Waals surface area contributed by atoms with E-state index in [1.54, 1.807) is 0 Å². The summed E-state index contributed by atoms with van der Waals surface area (Å²) in [6.45, 7) is 4.81. The molecule has 0 saturated heterocycles. The molecule has 0 amide bonds. The van der Waals surface area contributed by atoms with E-state index in [4.69, 9.17) is 4.74 Å². The van der Waals surface area contributed by atoms with Crippen LogP contribution in [0.3, 0.4) is 0 Å². The first-order valence-electron chi connectivity index (χ1n) is 7.55. The highest BCUT2D eigenvalue weighted by atomic mass is 16.5. The van der Waals surface area contributed by atoms with Crippen molar-refractivity contribution in [3.8, 4) is 5.75 Å². The number of ether oxygens (including phenoxy) is 1. The van der Waals surface area contributed by atoms with Crippen LogP contribution in [0.15, 0.2) is 24.3 Å². The number of anilines is 1. The minimum atomic E-state index is -0.251. The average Bonchev–Trinajstić information content (AvgIpc) is 3.27. The second kappa shape index (κ2) is 5.62. The summed E-state index contributed by atoms with van der Waals surface area (Å²) in [5, 5.41) is 13.4. The molecule has 110 valence electrons. The van der Waals surface area contributed by atoms with Crippen LogP contribution in [0.1, 0.15) is 26.2 Å². The van der Waals surface area contributed by atoms with Gasteiger partial charge in [0.1, 0.15) is 5.75 Å². The fraction of sp³-hybridized carbons (Fsp3) is 0.625. The second-order valence-electron chi connectivity index (χ2n) is 6.23. The molecule has 1 aromatic carbocycles. The molecule has 1 aromatic rings. The SMILES string of the molecule is CC(CO)(CN1CCCOc2ccccc21)NC1CC1. The third-order valence-electron chi connectivity index (χ3n) is 4.05. The first kappa shape index (κ1) is 13.7. The van der Waals surface area contributed by atoms with Gasteiger partial charge in [0.25, 0.3) is 0 Å². The van der Waals surface area contributed by atoms with Gasteiger partial charge >= 0.3 is 0 Å². The van der Waals surface area contributed by atoms with E-state index >= 15 is 0 Å². The van der Waals surface area contributed by atoms with Gasteiger partial charge in [-0.25, -0.2) is 0 Å². The van der Waals surface area contributed by atoms with E-state index in [0.717, 1.165) is 37.6 Å². The summed E-state index contributed by atoms with van der Waals surface area (Å²) in [6, 6.07) is 8.78. The van der Waals surface area contributed by atoms with Gasteiger partial charge in [-0.05, 0) is 38.3 Å². The summed E-state index contributed by atoms with van der Waals surface area (Å²) < 4.78 is 5.80. The van der Waals surface area contributed by atoms with Gasteiger partial charge in [0.05, 0.1) is 24.4 Å². The van der Waals surface area contributed by atoms with Crippen molar-refractivity contribution in [2.75, 3.05) is 31.2 Å². The molecule has 1 aliphatic heterocycles. The molecule has 1 saturated carbocycles. The molecule has 4 nitrogen and oxygen atoms in total. The zero-order valence-electron chi connectivity index (χ0n) is 12.1. The number of benzene rings is 1. The molecule has 0 bridgehead atoms. The van der Waals surface area contributed by atoms with Gasteiger partial charge < -0.3 is 20.1 Å². The number of hydrogen-bond donors (Lipinski definition) is 2. The van der Waals surface area contributed by atoms with Crippen molar-refractivity contribution in [2.45, 2.75) is 37.8 Å². The van der Waals surface area contributed by atoms with Crippen molar-refractivity contribution >= 4 is 5.69 Å². The lowest BCUT2D eigenvalue weighted by molar-refractivity contribution is 0.176. The Morgan fingerprint density at radius 2 is 2.20 bits per heavy atom. The molecule has 3 rings (SSSR count). The van der Waals surface area contributed by atoms with E-state index in [9.17, 15) is 5.11 Å². The molecule has 1 heterocycles. The largest absolute Gasteiger partial charge is 0.491 e. The standard InChI is InChI=1S/C16H24N2O2/c1-16(12-19,17-13-7-8-13)11-18-9-4-10-20-15-6-3-2-5-14(15)18/h2-3,5-6,13,17,19H,4,7-12H2,1H3. The van der Waals surface area contributed by atoms with Crippen LogP contribution in [0, 0.1) is 0 Å². The molecule has 2 aliphatic rings. The van der Waals surface area contributed by atoms with Crippen LogP contribution < -0.4 is 15.0 Å². The number of hydrogen-bond acceptors (Lipinski definition) is 4. The Morgan fingerprint density at radius 1 is 1.40 bits per heavy atom. The number of aliphatic hydroxyl groups is 1. The minimum Gasteiger partial charge on any atom is -0.491 e. The lowest BCUT2D eigenvalue weighted by Crippen LogP contribution is -2.55. The second-order valence-corrected chi connectivity index (χ2v) is 6.23. The molecular formula is C16H24N2O2. The first-order chi connectivity index (χ1) is 9.70. The first-order valence-corrected chi connectivity index (χ1v) is 7.55. The van der Waals surface area contributed by atoms with E-state index in [0.29, 0.717) is 6.04 Å². The van der Waals surface area contributed by atoms with Gasteiger partial charge in [-0.1, -0.05) is 12.1 Å². The van der Waals surface area contributed by atoms with Crippen molar-refractivity contribution in [1.82, 2.24) is 5.32 Å². The molecule has 1 fully saturated rings. The van der Waals surface area contributed by atoms with E-state index in [1.165, 1.54) is 12.8 Å². The lowest BCUT2D eigenvalue weighted by atomic mass is 10.0. The van der Waals surface area contributed by atoms with Gasteiger partial charge in [-0.3, -0.25) is 0 Å². The average molecular weight is 276 g/mol. The highest BCUT2D eigenvalue weighted by Gasteiger charge is 2.34. The molecule has 1 unspecified atom stereocenters. The topological polar surface area (TPSA) is 44.7 Å². The Kier molecular flexibility index (Phi) is 3.85. The van der Waals surface area contributed by atoms with Crippen LogP contribution in [-0.4, -0.2) is 43.0 Å². The summed E-state index contributed by atoms with van der Waals surface area (Å²) in [6.07, 6.45) is 3.48. The summed E-state index contributed by atoms with van der Waals surface area (Å²) in [5.41, 5.74) is 0.890. The Morgan fingerprint density at radius 3 is 2.95 bits per heavy atom. The molecule has 1 atom stereocenters. The fourth-order valence-corrected chi connectivity index (χ4v) is 2.85. The molecule has 4 heteroatoms. The van der Waals surface area contributed by atoms with Crippen LogP contribution >= 0.6 is 0 Å². The maximum atomic E-state index is 9.79. The van der Waals surface area contributed by atoms with Crippen molar-refractivity contribution in [1.29, 1.82) is 0 Å². The fourth-order valence-electron chi connectivity index (χ4n) is 2.85. The van der Waals surface area contributed by atoms with E-state index in [2.05, 4.69) is 23.2 Å². The van der Waals surface area contributed by atoms with Crippen LogP contribution in [0.2, 0.25) is 0 Å². The molecule has 0 spiro atoms. The smallest absolute Gasteiger partial charge is 0.142 e. The van der Waals surface area contributed by atoms with Crippen molar-refractivity contribution in [3.63, 3.8) is 0 Å². The maximum Gasteiger partial charge on any atom is 0.142 e. The summed E-state index contributed by atoms with van der Waals surface area (Å²) in [4.78, 5) is 2.34. The van der Waals surface area contributed by atoms with Crippen molar-refractivity contribution in [3.05, 3.63) is 24.3 Å². The number of aliphatic hydroxyl groups excluding tert-OH is 1.